The second kappa shape index (κ2) is 6.05. The zero-order valence-electron chi connectivity index (χ0n) is 12.8. The van der Waals surface area contributed by atoms with Gasteiger partial charge in [0.15, 0.2) is 11.4 Å². The molecule has 0 radical (unpaired) electrons. The van der Waals surface area contributed by atoms with Gasteiger partial charge in [-0.3, -0.25) is 14.3 Å². The lowest BCUT2D eigenvalue weighted by atomic mass is 10.2. The maximum absolute atomic E-state index is 11.9. The van der Waals surface area contributed by atoms with E-state index in [1.54, 1.807) is 10.6 Å². The van der Waals surface area contributed by atoms with Crippen LogP contribution in [0.4, 0.5) is 5.69 Å². The Balaban J connectivity index is 2.03. The lowest BCUT2D eigenvalue weighted by Crippen LogP contribution is -2.16. The maximum Gasteiger partial charge on any atom is 0.331 e. The minimum absolute atomic E-state index is 0.0316. The molecular weight excluding hydrogens is 296 g/mol. The predicted octanol–water partition coefficient (Wildman–Crippen LogP) is 3.38. The van der Waals surface area contributed by atoms with Gasteiger partial charge in [0.25, 0.3) is 0 Å². The zero-order valence-corrected chi connectivity index (χ0v) is 12.8. The largest absolute Gasteiger partial charge is 0.493 e. The third-order valence-corrected chi connectivity index (χ3v) is 3.31. The van der Waals surface area contributed by atoms with E-state index in [0.29, 0.717) is 6.67 Å². The molecule has 0 aliphatic carbocycles. The molecule has 118 valence electrons. The lowest BCUT2D eigenvalue weighted by molar-refractivity contribution is 0.0968. The fraction of sp³-hybridized carbons (Fsp3) is 0.188. The number of rotatable bonds is 4. The third kappa shape index (κ3) is 2.86. The van der Waals surface area contributed by atoms with Crippen molar-refractivity contribution in [3.05, 3.63) is 48.4 Å². The van der Waals surface area contributed by atoms with Gasteiger partial charge >= 0.3 is 5.91 Å². The van der Waals surface area contributed by atoms with Crippen LogP contribution in [-0.4, -0.2) is 34.6 Å². The first-order valence-electron chi connectivity index (χ1n) is 7.02. The highest BCUT2D eigenvalue weighted by Crippen LogP contribution is 2.38. The molecule has 3 aromatic rings. The number of furan rings is 1. The smallest absolute Gasteiger partial charge is 0.331 e. The van der Waals surface area contributed by atoms with Crippen molar-refractivity contribution in [2.24, 2.45) is 10.2 Å². The molecule has 3 rings (SSSR count). The van der Waals surface area contributed by atoms with Crippen molar-refractivity contribution in [2.45, 2.75) is 6.67 Å². The Morgan fingerprint density at radius 2 is 2.04 bits per heavy atom. The van der Waals surface area contributed by atoms with Crippen molar-refractivity contribution in [1.82, 2.24) is 9.47 Å². The van der Waals surface area contributed by atoms with Crippen molar-refractivity contribution in [3.63, 3.8) is 0 Å². The summed E-state index contributed by atoms with van der Waals surface area (Å²) in [4.78, 5) is 13.8. The summed E-state index contributed by atoms with van der Waals surface area (Å²) >= 11 is 0. The number of carbonyl (C=O) groups is 1. The van der Waals surface area contributed by atoms with E-state index in [2.05, 4.69) is 10.2 Å². The van der Waals surface area contributed by atoms with Crippen molar-refractivity contribution in [2.75, 3.05) is 14.1 Å². The molecule has 1 aromatic carbocycles. The third-order valence-electron chi connectivity index (χ3n) is 3.31. The summed E-state index contributed by atoms with van der Waals surface area (Å²) < 4.78 is 6.69. The van der Waals surface area contributed by atoms with Crippen LogP contribution in [0.2, 0.25) is 0 Å². The number of amides is 1. The van der Waals surface area contributed by atoms with Crippen molar-refractivity contribution in [3.8, 4) is 5.88 Å². The Kier molecular flexibility index (Phi) is 3.94. The summed E-state index contributed by atoms with van der Waals surface area (Å²) in [5, 5.41) is 18.8. The van der Waals surface area contributed by atoms with Gasteiger partial charge < -0.3 is 9.52 Å². The number of fused-ring (bicyclic) bond motifs is 1. The SMILES string of the molecule is CN(C)Cn1c(O)c(N=NC(=O)c2ccco2)c2ccccc21. The van der Waals surface area contributed by atoms with Crippen molar-refractivity contribution in [1.29, 1.82) is 0 Å². The number of azo groups is 1. The first-order valence-corrected chi connectivity index (χ1v) is 7.02. The van der Waals surface area contributed by atoms with Crippen LogP contribution in [0.25, 0.3) is 10.9 Å². The van der Waals surface area contributed by atoms with Crippen LogP contribution in [0.15, 0.2) is 57.3 Å². The van der Waals surface area contributed by atoms with Crippen molar-refractivity contribution < 1.29 is 14.3 Å². The quantitative estimate of drug-likeness (QED) is 0.748. The average Bonchev–Trinajstić information content (AvgIpc) is 3.14. The topological polar surface area (TPSA) is 83.3 Å². The van der Waals surface area contributed by atoms with Gasteiger partial charge in [-0.05, 0) is 32.3 Å². The highest BCUT2D eigenvalue weighted by molar-refractivity contribution is 5.96. The molecular formula is C16H16N4O3. The van der Waals surface area contributed by atoms with Crippen LogP contribution in [0.3, 0.4) is 0 Å². The summed E-state index contributed by atoms with van der Waals surface area (Å²) in [5.41, 5.74) is 1.08. The Morgan fingerprint density at radius 3 is 2.74 bits per heavy atom. The summed E-state index contributed by atoms with van der Waals surface area (Å²) in [7, 11) is 3.80. The number of hydrogen-bond donors (Lipinski definition) is 1. The molecule has 2 heterocycles. The molecule has 0 saturated carbocycles. The fourth-order valence-corrected chi connectivity index (χ4v) is 2.34. The van der Waals surface area contributed by atoms with E-state index in [-0.39, 0.29) is 17.3 Å². The van der Waals surface area contributed by atoms with Gasteiger partial charge in [0.2, 0.25) is 5.88 Å². The van der Waals surface area contributed by atoms with Gasteiger partial charge in [-0.1, -0.05) is 18.2 Å². The molecule has 0 spiro atoms. The van der Waals surface area contributed by atoms with E-state index in [9.17, 15) is 9.90 Å². The molecule has 0 aliphatic rings. The Labute approximate surface area is 132 Å². The Bertz CT molecular complexity index is 863. The summed E-state index contributed by atoms with van der Waals surface area (Å²) in [5.74, 6) is -0.528. The van der Waals surface area contributed by atoms with Crippen LogP contribution in [0.5, 0.6) is 5.88 Å². The summed E-state index contributed by atoms with van der Waals surface area (Å²) in [6.07, 6.45) is 1.39. The molecule has 1 amide bonds. The Morgan fingerprint density at radius 1 is 1.26 bits per heavy atom. The Hall–Kier alpha value is -2.93. The predicted molar refractivity (Wildman–Crippen MR) is 84.8 cm³/mol. The molecule has 23 heavy (non-hydrogen) atoms. The second-order valence-electron chi connectivity index (χ2n) is 5.32. The van der Waals surface area contributed by atoms with Gasteiger partial charge in [0.05, 0.1) is 18.4 Å². The van der Waals surface area contributed by atoms with Crippen LogP contribution in [-0.2, 0) is 6.67 Å². The molecule has 1 N–H and O–H groups in total. The first kappa shape index (κ1) is 15.0. The monoisotopic (exact) mass is 312 g/mol. The maximum atomic E-state index is 11.9. The number of benzene rings is 1. The molecule has 0 unspecified atom stereocenters. The van der Waals surface area contributed by atoms with Gasteiger partial charge in [-0.2, -0.15) is 0 Å². The minimum atomic E-state index is -0.598. The second-order valence-corrected chi connectivity index (χ2v) is 5.32. The average molecular weight is 312 g/mol. The van der Waals surface area contributed by atoms with E-state index in [1.807, 2.05) is 43.3 Å². The highest BCUT2D eigenvalue weighted by atomic mass is 16.3. The number of aromatic nitrogens is 1. The molecule has 7 nitrogen and oxygen atoms in total. The van der Waals surface area contributed by atoms with Gasteiger partial charge in [-0.15, -0.1) is 10.2 Å². The number of hydrogen-bond acceptors (Lipinski definition) is 5. The van der Waals surface area contributed by atoms with E-state index in [4.69, 9.17) is 4.42 Å². The molecule has 0 saturated heterocycles. The molecule has 7 heteroatoms. The zero-order chi connectivity index (χ0) is 16.4. The lowest BCUT2D eigenvalue weighted by Gasteiger charge is -2.12. The molecule has 0 fully saturated rings. The van der Waals surface area contributed by atoms with Crippen LogP contribution < -0.4 is 0 Å². The molecule has 0 bridgehead atoms. The van der Waals surface area contributed by atoms with Crippen LogP contribution >= 0.6 is 0 Å². The molecule has 0 aliphatic heterocycles. The first-order chi connectivity index (χ1) is 11.1. The van der Waals surface area contributed by atoms with E-state index < -0.39 is 5.91 Å². The molecule has 0 atom stereocenters. The standard InChI is InChI=1S/C16H16N4O3/c1-19(2)10-20-12-7-4-3-6-11(12)14(16(20)22)17-18-15(21)13-8-5-9-23-13/h3-9,22H,10H2,1-2H3. The molecule has 2 aromatic heterocycles. The van der Waals surface area contributed by atoms with Gasteiger partial charge in [0.1, 0.15) is 0 Å². The highest BCUT2D eigenvalue weighted by Gasteiger charge is 2.17. The number of aromatic hydroxyl groups is 1. The number of para-hydroxylation sites is 1. The van der Waals surface area contributed by atoms with E-state index >= 15 is 0 Å². The van der Waals surface area contributed by atoms with Crippen molar-refractivity contribution >= 4 is 22.5 Å². The fourth-order valence-electron chi connectivity index (χ4n) is 2.34. The van der Waals surface area contributed by atoms with Crippen LogP contribution in [0.1, 0.15) is 10.6 Å². The van der Waals surface area contributed by atoms with Gasteiger partial charge in [0, 0.05) is 5.39 Å². The van der Waals surface area contributed by atoms with Gasteiger partial charge in [-0.25, -0.2) is 0 Å². The summed E-state index contributed by atoms with van der Waals surface area (Å²) in [6, 6.07) is 10.5. The summed E-state index contributed by atoms with van der Waals surface area (Å²) in [6.45, 7) is 0.480. The number of carbonyl (C=O) groups excluding carboxylic acids is 1. The van der Waals surface area contributed by atoms with Crippen LogP contribution in [0, 0.1) is 0 Å². The number of nitrogens with zero attached hydrogens (tertiary/aromatic N) is 4. The minimum Gasteiger partial charge on any atom is -0.493 e. The van der Waals surface area contributed by atoms with E-state index in [0.717, 1.165) is 10.9 Å². The normalized spacial score (nSPS) is 11.8. The van der Waals surface area contributed by atoms with E-state index in [1.165, 1.54) is 12.3 Å².